The van der Waals surface area contributed by atoms with Crippen LogP contribution < -0.4 is 15.2 Å². The molecule has 0 saturated carbocycles. The lowest BCUT2D eigenvalue weighted by molar-refractivity contribution is -0.132. The van der Waals surface area contributed by atoms with Gasteiger partial charge in [0, 0.05) is 30.8 Å². The molecule has 2 N–H and O–H groups in total. The van der Waals surface area contributed by atoms with Gasteiger partial charge in [-0.1, -0.05) is 6.07 Å². The maximum Gasteiger partial charge on any atom is 0.260 e. The second-order valence-corrected chi connectivity index (χ2v) is 5.07. The zero-order valence-electron chi connectivity index (χ0n) is 12.1. The van der Waals surface area contributed by atoms with E-state index in [1.807, 2.05) is 24.0 Å². The lowest BCUT2D eigenvalue weighted by atomic mass is 10.1. The highest BCUT2D eigenvalue weighted by Crippen LogP contribution is 2.28. The quantitative estimate of drug-likeness (QED) is 0.890. The Labute approximate surface area is 119 Å². The third-order valence-corrected chi connectivity index (χ3v) is 3.52. The Hall–Kier alpha value is -1.75. The molecule has 1 aromatic carbocycles. The fourth-order valence-corrected chi connectivity index (χ4v) is 2.34. The van der Waals surface area contributed by atoms with E-state index in [9.17, 15) is 4.79 Å². The molecule has 1 amide bonds. The number of nitrogens with zero attached hydrogens (tertiary/aromatic N) is 1. The van der Waals surface area contributed by atoms with Crippen LogP contribution in [0.25, 0.3) is 0 Å². The number of ether oxygens (including phenoxy) is 2. The van der Waals surface area contributed by atoms with Crippen molar-refractivity contribution in [2.24, 2.45) is 5.73 Å². The van der Waals surface area contributed by atoms with E-state index in [0.717, 1.165) is 31.5 Å². The molecule has 0 spiro atoms. The second kappa shape index (κ2) is 6.61. The minimum Gasteiger partial charge on any atom is -0.497 e. The Bertz CT molecular complexity index is 468. The number of amides is 1. The molecule has 0 aromatic heterocycles. The molecule has 0 bridgehead atoms. The molecule has 5 heteroatoms. The second-order valence-electron chi connectivity index (χ2n) is 5.07. The van der Waals surface area contributed by atoms with Crippen molar-refractivity contribution in [3.05, 3.63) is 23.8 Å². The summed E-state index contributed by atoms with van der Waals surface area (Å²) in [4.78, 5) is 13.8. The normalized spacial score (nSPS) is 16.1. The maximum atomic E-state index is 12.0. The molecule has 5 nitrogen and oxygen atoms in total. The predicted octanol–water partition coefficient (Wildman–Crippen LogP) is 1.72. The minimum absolute atomic E-state index is 0.0287. The first-order valence-electron chi connectivity index (χ1n) is 6.96. The lowest BCUT2D eigenvalue weighted by Crippen LogP contribution is -2.32. The van der Waals surface area contributed by atoms with Crippen LogP contribution in [0.15, 0.2) is 18.2 Å². The van der Waals surface area contributed by atoms with Crippen molar-refractivity contribution in [3.63, 3.8) is 0 Å². The summed E-state index contributed by atoms with van der Waals surface area (Å²) in [6, 6.07) is 5.33. The van der Waals surface area contributed by atoms with Crippen LogP contribution in [0, 0.1) is 0 Å². The Kier molecular flexibility index (Phi) is 4.84. The van der Waals surface area contributed by atoms with E-state index in [0.29, 0.717) is 11.5 Å². The van der Waals surface area contributed by atoms with E-state index in [1.165, 1.54) is 0 Å². The van der Waals surface area contributed by atoms with Crippen LogP contribution in [0.4, 0.5) is 0 Å². The summed E-state index contributed by atoms with van der Waals surface area (Å²) in [5.41, 5.74) is 6.79. The fourth-order valence-electron chi connectivity index (χ4n) is 2.34. The molecule has 1 aromatic rings. The van der Waals surface area contributed by atoms with Gasteiger partial charge in [-0.3, -0.25) is 4.79 Å². The molecule has 1 heterocycles. The van der Waals surface area contributed by atoms with Crippen molar-refractivity contribution in [2.75, 3.05) is 26.8 Å². The Morgan fingerprint density at radius 2 is 2.10 bits per heavy atom. The van der Waals surface area contributed by atoms with Gasteiger partial charge in [0.15, 0.2) is 6.61 Å². The SMILES string of the molecule is COc1ccc([C@@H](C)N)c(OCC(=O)N2CCCC2)c1. The van der Waals surface area contributed by atoms with Gasteiger partial charge in [-0.2, -0.15) is 0 Å². The molecule has 1 fully saturated rings. The zero-order chi connectivity index (χ0) is 14.5. The van der Waals surface area contributed by atoms with Gasteiger partial charge in [-0.15, -0.1) is 0 Å². The van der Waals surface area contributed by atoms with Crippen molar-refractivity contribution in [2.45, 2.75) is 25.8 Å². The number of benzene rings is 1. The fraction of sp³-hybridized carbons (Fsp3) is 0.533. The average Bonchev–Trinajstić information content (AvgIpc) is 2.98. The van der Waals surface area contributed by atoms with Gasteiger partial charge in [-0.05, 0) is 25.8 Å². The topological polar surface area (TPSA) is 64.8 Å². The molecule has 1 aliphatic rings. The van der Waals surface area contributed by atoms with Gasteiger partial charge in [0.25, 0.3) is 5.91 Å². The number of methoxy groups -OCH3 is 1. The molecule has 110 valence electrons. The predicted molar refractivity (Wildman–Crippen MR) is 76.9 cm³/mol. The number of carbonyl (C=O) groups is 1. The molecule has 0 aliphatic carbocycles. The summed E-state index contributed by atoms with van der Waals surface area (Å²) in [7, 11) is 1.60. The summed E-state index contributed by atoms with van der Waals surface area (Å²) in [5.74, 6) is 1.34. The maximum absolute atomic E-state index is 12.0. The Morgan fingerprint density at radius 1 is 1.40 bits per heavy atom. The molecule has 1 aliphatic heterocycles. The van der Waals surface area contributed by atoms with Crippen LogP contribution in [-0.2, 0) is 4.79 Å². The summed E-state index contributed by atoms with van der Waals surface area (Å²) < 4.78 is 10.8. The average molecular weight is 278 g/mol. The highest BCUT2D eigenvalue weighted by atomic mass is 16.5. The number of hydrogen-bond donors (Lipinski definition) is 1. The van der Waals surface area contributed by atoms with Gasteiger partial charge >= 0.3 is 0 Å². The Morgan fingerprint density at radius 3 is 2.70 bits per heavy atom. The third-order valence-electron chi connectivity index (χ3n) is 3.52. The summed E-state index contributed by atoms with van der Waals surface area (Å²) in [5, 5.41) is 0. The molecule has 1 atom stereocenters. The molecular weight excluding hydrogens is 256 g/mol. The van der Waals surface area contributed by atoms with Gasteiger partial charge in [0.05, 0.1) is 7.11 Å². The van der Waals surface area contributed by atoms with Gasteiger partial charge in [0.2, 0.25) is 0 Å². The van der Waals surface area contributed by atoms with Crippen molar-refractivity contribution in [3.8, 4) is 11.5 Å². The van der Waals surface area contributed by atoms with Gasteiger partial charge < -0.3 is 20.1 Å². The number of carbonyl (C=O) groups excluding carboxylic acids is 1. The first-order valence-corrected chi connectivity index (χ1v) is 6.96. The van der Waals surface area contributed by atoms with E-state index < -0.39 is 0 Å². The van der Waals surface area contributed by atoms with Crippen molar-refractivity contribution < 1.29 is 14.3 Å². The smallest absolute Gasteiger partial charge is 0.260 e. The van der Waals surface area contributed by atoms with Crippen molar-refractivity contribution in [1.29, 1.82) is 0 Å². The zero-order valence-corrected chi connectivity index (χ0v) is 12.1. The highest BCUT2D eigenvalue weighted by Gasteiger charge is 2.19. The van der Waals surface area contributed by atoms with E-state index in [1.54, 1.807) is 13.2 Å². The van der Waals surface area contributed by atoms with Gasteiger partial charge in [0.1, 0.15) is 11.5 Å². The van der Waals surface area contributed by atoms with Crippen LogP contribution in [0.3, 0.4) is 0 Å². The van der Waals surface area contributed by atoms with Crippen LogP contribution >= 0.6 is 0 Å². The van der Waals surface area contributed by atoms with E-state index >= 15 is 0 Å². The summed E-state index contributed by atoms with van der Waals surface area (Å²) in [6.45, 7) is 3.60. The lowest BCUT2D eigenvalue weighted by Gasteiger charge is -2.18. The van der Waals surface area contributed by atoms with Crippen LogP contribution in [-0.4, -0.2) is 37.6 Å². The highest BCUT2D eigenvalue weighted by molar-refractivity contribution is 5.78. The molecule has 2 rings (SSSR count). The van der Waals surface area contributed by atoms with Crippen molar-refractivity contribution in [1.82, 2.24) is 4.90 Å². The number of likely N-dealkylation sites (tertiary alicyclic amines) is 1. The first kappa shape index (κ1) is 14.7. The molecule has 0 unspecified atom stereocenters. The number of rotatable bonds is 5. The number of hydrogen-bond acceptors (Lipinski definition) is 4. The van der Waals surface area contributed by atoms with E-state index in [2.05, 4.69) is 0 Å². The monoisotopic (exact) mass is 278 g/mol. The molecular formula is C15H22N2O3. The van der Waals surface area contributed by atoms with E-state index in [4.69, 9.17) is 15.2 Å². The van der Waals surface area contributed by atoms with E-state index in [-0.39, 0.29) is 18.6 Å². The molecule has 0 radical (unpaired) electrons. The third kappa shape index (κ3) is 3.42. The van der Waals surface area contributed by atoms with Crippen LogP contribution in [0.2, 0.25) is 0 Å². The van der Waals surface area contributed by atoms with Crippen LogP contribution in [0.5, 0.6) is 11.5 Å². The Balaban J connectivity index is 2.04. The largest absolute Gasteiger partial charge is 0.497 e. The first-order chi connectivity index (χ1) is 9.61. The van der Waals surface area contributed by atoms with Crippen LogP contribution in [0.1, 0.15) is 31.4 Å². The summed E-state index contributed by atoms with van der Waals surface area (Å²) >= 11 is 0. The molecule has 1 saturated heterocycles. The molecule has 20 heavy (non-hydrogen) atoms. The number of nitrogens with two attached hydrogens (primary N) is 1. The standard InChI is InChI=1S/C15H22N2O3/c1-11(16)13-6-5-12(19-2)9-14(13)20-10-15(18)17-7-3-4-8-17/h5-6,9,11H,3-4,7-8,10,16H2,1-2H3/t11-/m1/s1. The van der Waals surface area contributed by atoms with Gasteiger partial charge in [-0.25, -0.2) is 0 Å². The van der Waals surface area contributed by atoms with Crippen molar-refractivity contribution >= 4 is 5.91 Å². The minimum atomic E-state index is -0.155. The summed E-state index contributed by atoms with van der Waals surface area (Å²) in [6.07, 6.45) is 2.16.